The van der Waals surface area contributed by atoms with Gasteiger partial charge in [-0.15, -0.1) is 0 Å². The summed E-state index contributed by atoms with van der Waals surface area (Å²) in [7, 11) is 9.78. The summed E-state index contributed by atoms with van der Waals surface area (Å²) in [6, 6.07) is 0. The fourth-order valence-electron chi connectivity index (χ4n) is 1.06. The van der Waals surface area contributed by atoms with Gasteiger partial charge in [0.25, 0.3) is 0 Å². The zero-order valence-electron chi connectivity index (χ0n) is 6.77. The molecular formula is C8H12Cl2Ti. The number of halogens is 2. The van der Waals surface area contributed by atoms with Gasteiger partial charge in [-0.05, 0) is 12.3 Å². The summed E-state index contributed by atoms with van der Waals surface area (Å²) in [4.78, 5) is 0. The van der Waals surface area contributed by atoms with Crippen molar-refractivity contribution in [3.05, 3.63) is 23.8 Å². The molecule has 0 radical (unpaired) electrons. The van der Waals surface area contributed by atoms with E-state index in [1.54, 1.807) is 5.57 Å². The van der Waals surface area contributed by atoms with Crippen molar-refractivity contribution in [2.45, 2.75) is 20.3 Å². The van der Waals surface area contributed by atoms with Crippen molar-refractivity contribution < 1.29 is 17.0 Å². The van der Waals surface area contributed by atoms with Gasteiger partial charge in [-0.25, -0.2) is 0 Å². The van der Waals surface area contributed by atoms with Gasteiger partial charge in [0.2, 0.25) is 0 Å². The van der Waals surface area contributed by atoms with E-state index in [4.69, 9.17) is 18.6 Å². The van der Waals surface area contributed by atoms with E-state index in [2.05, 4.69) is 32.1 Å². The van der Waals surface area contributed by atoms with Crippen LogP contribution < -0.4 is 0 Å². The van der Waals surface area contributed by atoms with Crippen LogP contribution >= 0.6 is 18.6 Å². The Morgan fingerprint density at radius 1 is 1.55 bits per heavy atom. The van der Waals surface area contributed by atoms with Crippen LogP contribution in [0.4, 0.5) is 0 Å². The van der Waals surface area contributed by atoms with E-state index in [9.17, 15) is 0 Å². The zero-order valence-corrected chi connectivity index (χ0v) is 9.85. The van der Waals surface area contributed by atoms with E-state index in [0.29, 0.717) is 5.92 Å². The minimum atomic E-state index is -0.556. The number of allylic oxidation sites excluding steroid dienone is 4. The molecule has 0 spiro atoms. The van der Waals surface area contributed by atoms with Gasteiger partial charge >= 0.3 is 35.6 Å². The summed E-state index contributed by atoms with van der Waals surface area (Å²) in [6.45, 7) is 4.44. The predicted octanol–water partition coefficient (Wildman–Crippen LogP) is 3.91. The van der Waals surface area contributed by atoms with Gasteiger partial charge in [0.1, 0.15) is 0 Å². The van der Waals surface area contributed by atoms with Gasteiger partial charge in [-0.3, -0.25) is 0 Å². The summed E-state index contributed by atoms with van der Waals surface area (Å²) in [6.07, 6.45) is 7.79. The first-order chi connectivity index (χ1) is 5.26. The molecule has 1 aliphatic rings. The first-order valence-electron chi connectivity index (χ1n) is 3.59. The first-order valence-corrected chi connectivity index (χ1v) is 7.89. The van der Waals surface area contributed by atoms with Crippen molar-refractivity contribution in [1.29, 1.82) is 0 Å². The maximum absolute atomic E-state index is 4.89. The average Bonchev–Trinajstić information content (AvgIpc) is 2.36. The Kier molecular flexibility index (Phi) is 7.95. The molecule has 1 aliphatic carbocycles. The Morgan fingerprint density at radius 3 is 2.27 bits per heavy atom. The second kappa shape index (κ2) is 7.42. The molecule has 0 saturated heterocycles. The monoisotopic (exact) mass is 226 g/mol. The van der Waals surface area contributed by atoms with Crippen molar-refractivity contribution in [2.24, 2.45) is 5.92 Å². The molecular weight excluding hydrogens is 215 g/mol. The molecule has 0 amide bonds. The average molecular weight is 227 g/mol. The van der Waals surface area contributed by atoms with E-state index in [1.807, 2.05) is 0 Å². The number of hydrogen-bond donors (Lipinski definition) is 0. The molecule has 62 valence electrons. The third-order valence-corrected chi connectivity index (χ3v) is 1.70. The van der Waals surface area contributed by atoms with E-state index in [1.165, 1.54) is 6.42 Å². The van der Waals surface area contributed by atoms with Crippen molar-refractivity contribution in [3.63, 3.8) is 0 Å². The third-order valence-electron chi connectivity index (χ3n) is 1.70. The summed E-state index contributed by atoms with van der Waals surface area (Å²) >= 11 is -0.556. The van der Waals surface area contributed by atoms with Crippen molar-refractivity contribution in [2.75, 3.05) is 0 Å². The van der Waals surface area contributed by atoms with Crippen LogP contribution in [0.3, 0.4) is 0 Å². The number of hydrogen-bond acceptors (Lipinski definition) is 0. The Morgan fingerprint density at radius 2 is 2.09 bits per heavy atom. The second-order valence-electron chi connectivity index (χ2n) is 2.34. The summed E-state index contributed by atoms with van der Waals surface area (Å²) in [5.41, 5.74) is 1.56. The van der Waals surface area contributed by atoms with Crippen LogP contribution in [-0.4, -0.2) is 0 Å². The summed E-state index contributed by atoms with van der Waals surface area (Å²) < 4.78 is 0. The zero-order chi connectivity index (χ0) is 8.69. The topological polar surface area (TPSA) is 0 Å². The summed E-state index contributed by atoms with van der Waals surface area (Å²) in [5.74, 6) is 0.708. The Bertz CT molecular complexity index is 152. The molecule has 1 atom stereocenters. The van der Waals surface area contributed by atoms with Crippen LogP contribution in [-0.2, 0) is 17.0 Å². The van der Waals surface area contributed by atoms with E-state index < -0.39 is 17.0 Å². The Balaban J connectivity index is 0.000000292. The molecule has 0 aliphatic heterocycles. The standard InChI is InChI=1S/C8H12.2ClH.Ti/c1-3-8-6-4-5-7(8)2;;;/h4-7H,3H2,1-2H3;2*1H;/q;;;+2/p-2. The first kappa shape index (κ1) is 11.8. The Labute approximate surface area is 85.3 Å². The molecule has 1 rings (SSSR count). The molecule has 0 fully saturated rings. The van der Waals surface area contributed by atoms with Gasteiger partial charge in [-0.2, -0.15) is 0 Å². The van der Waals surface area contributed by atoms with Crippen LogP contribution in [0.1, 0.15) is 20.3 Å². The molecule has 1 unspecified atom stereocenters. The molecule has 0 heterocycles. The molecule has 0 aromatic heterocycles. The van der Waals surface area contributed by atoms with Crippen LogP contribution in [0.2, 0.25) is 0 Å². The normalized spacial score (nSPS) is 20.4. The van der Waals surface area contributed by atoms with Gasteiger partial charge < -0.3 is 0 Å². The van der Waals surface area contributed by atoms with Crippen LogP contribution in [0.15, 0.2) is 23.8 Å². The molecule has 11 heavy (non-hydrogen) atoms. The van der Waals surface area contributed by atoms with Gasteiger partial charge in [0, 0.05) is 0 Å². The fourth-order valence-corrected chi connectivity index (χ4v) is 1.06. The molecule has 0 saturated carbocycles. The number of rotatable bonds is 1. The minimum absolute atomic E-state index is 0.556. The van der Waals surface area contributed by atoms with E-state index in [-0.39, 0.29) is 0 Å². The van der Waals surface area contributed by atoms with Gasteiger partial charge in [-0.1, -0.05) is 37.6 Å². The molecule has 0 bridgehead atoms. The van der Waals surface area contributed by atoms with Gasteiger partial charge in [0.05, 0.1) is 0 Å². The summed E-state index contributed by atoms with van der Waals surface area (Å²) in [5, 5.41) is 0. The van der Waals surface area contributed by atoms with Crippen molar-refractivity contribution in [3.8, 4) is 0 Å². The second-order valence-corrected chi connectivity index (χ2v) is 4.92. The molecule has 0 aromatic rings. The predicted molar refractivity (Wildman–Crippen MR) is 48.4 cm³/mol. The molecule has 3 heteroatoms. The Hall–Kier alpha value is 0.774. The fraction of sp³-hybridized carbons (Fsp3) is 0.500. The SMILES string of the molecule is CCC1=CC=CC1C.[Cl][Ti][Cl]. The third kappa shape index (κ3) is 5.08. The van der Waals surface area contributed by atoms with Gasteiger partial charge in [0.15, 0.2) is 0 Å². The van der Waals surface area contributed by atoms with Crippen molar-refractivity contribution in [1.82, 2.24) is 0 Å². The van der Waals surface area contributed by atoms with E-state index >= 15 is 0 Å². The quantitative estimate of drug-likeness (QED) is 0.595. The maximum atomic E-state index is 4.89. The van der Waals surface area contributed by atoms with E-state index in [0.717, 1.165) is 0 Å². The van der Waals surface area contributed by atoms with Crippen LogP contribution in [0, 0.1) is 5.92 Å². The van der Waals surface area contributed by atoms with Crippen molar-refractivity contribution >= 4 is 18.6 Å². The molecule has 0 N–H and O–H groups in total. The molecule has 0 aromatic carbocycles. The van der Waals surface area contributed by atoms with Crippen LogP contribution in [0.25, 0.3) is 0 Å². The molecule has 0 nitrogen and oxygen atoms in total. The van der Waals surface area contributed by atoms with Crippen LogP contribution in [0.5, 0.6) is 0 Å².